The van der Waals surface area contributed by atoms with E-state index >= 15 is 0 Å². The molecule has 0 aliphatic carbocycles. The van der Waals surface area contributed by atoms with Crippen molar-refractivity contribution in [2.75, 3.05) is 19.1 Å². The molecule has 1 atom stereocenters. The van der Waals surface area contributed by atoms with Crippen molar-refractivity contribution in [3.63, 3.8) is 0 Å². The summed E-state index contributed by atoms with van der Waals surface area (Å²) < 4.78 is 19.7. The summed E-state index contributed by atoms with van der Waals surface area (Å²) in [5.74, 6) is 0.459. The molecule has 0 saturated carbocycles. The van der Waals surface area contributed by atoms with E-state index in [2.05, 4.69) is 4.98 Å². The molecule has 0 radical (unpaired) electrons. The summed E-state index contributed by atoms with van der Waals surface area (Å²) in [7, 11) is 3.34. The summed E-state index contributed by atoms with van der Waals surface area (Å²) in [6.45, 7) is 0. The lowest BCUT2D eigenvalue weighted by molar-refractivity contribution is 0.105. The molecular formula is C18H18FN3O2. The summed E-state index contributed by atoms with van der Waals surface area (Å²) >= 11 is 0. The van der Waals surface area contributed by atoms with Gasteiger partial charge in [-0.2, -0.15) is 0 Å². The van der Waals surface area contributed by atoms with Crippen molar-refractivity contribution in [1.82, 2.24) is 9.55 Å². The highest BCUT2D eigenvalue weighted by molar-refractivity contribution is 5.59. The molecule has 2 aromatic carbocycles. The molecule has 24 heavy (non-hydrogen) atoms. The van der Waals surface area contributed by atoms with E-state index in [-0.39, 0.29) is 5.82 Å². The highest BCUT2D eigenvalue weighted by Gasteiger charge is 2.15. The highest BCUT2D eigenvalue weighted by Crippen LogP contribution is 2.24. The van der Waals surface area contributed by atoms with Crippen molar-refractivity contribution < 1.29 is 14.2 Å². The zero-order valence-electron chi connectivity index (χ0n) is 13.4. The number of hydrogen-bond acceptors (Lipinski definition) is 4. The molecule has 0 aliphatic heterocycles. The number of benzene rings is 2. The first-order valence-corrected chi connectivity index (χ1v) is 7.43. The number of imidazole rings is 1. The third-order valence-corrected chi connectivity index (χ3v) is 3.83. The van der Waals surface area contributed by atoms with Gasteiger partial charge in [0.1, 0.15) is 11.6 Å². The van der Waals surface area contributed by atoms with Crippen molar-refractivity contribution in [1.29, 1.82) is 0 Å². The third kappa shape index (κ3) is 3.23. The minimum atomic E-state index is -0.949. The summed E-state index contributed by atoms with van der Waals surface area (Å²) in [6.07, 6.45) is 2.37. The lowest BCUT2D eigenvalue weighted by atomic mass is 10.2. The lowest BCUT2D eigenvalue weighted by Gasteiger charge is -2.26. The molecule has 124 valence electrons. The topological polar surface area (TPSA) is 50.5 Å². The number of aliphatic hydroxyl groups excluding tert-OH is 1. The second-order valence-corrected chi connectivity index (χ2v) is 5.37. The van der Waals surface area contributed by atoms with E-state index in [4.69, 9.17) is 4.74 Å². The van der Waals surface area contributed by atoms with Crippen LogP contribution in [0.4, 0.5) is 10.1 Å². The highest BCUT2D eigenvalue weighted by atomic mass is 19.1. The Morgan fingerprint density at radius 2 is 1.79 bits per heavy atom. The molecule has 3 aromatic rings. The first-order chi connectivity index (χ1) is 11.6. The van der Waals surface area contributed by atoms with E-state index in [0.717, 1.165) is 17.0 Å². The number of ether oxygens (including phenoxy) is 1. The first kappa shape index (κ1) is 16.0. The molecule has 0 saturated heterocycles. The average Bonchev–Trinajstić information content (AvgIpc) is 3.11. The standard InChI is InChI=1S/C18H18FN3O2/c1-21(15-7-5-14(19)6-8-15)18(23)22-11-17(20-12-22)13-3-9-16(24-2)10-4-13/h3-12,18,23H,1-2H3. The second kappa shape index (κ2) is 6.72. The quantitative estimate of drug-likeness (QED) is 0.731. The van der Waals surface area contributed by atoms with Gasteiger partial charge in [-0.3, -0.25) is 4.57 Å². The van der Waals surface area contributed by atoms with Crippen molar-refractivity contribution in [3.8, 4) is 17.0 Å². The van der Waals surface area contributed by atoms with E-state index in [1.165, 1.54) is 12.1 Å². The Morgan fingerprint density at radius 3 is 2.42 bits per heavy atom. The number of nitrogens with zero attached hydrogens (tertiary/aromatic N) is 3. The number of methoxy groups -OCH3 is 1. The van der Waals surface area contributed by atoms with E-state index in [0.29, 0.717) is 5.69 Å². The van der Waals surface area contributed by atoms with Gasteiger partial charge in [-0.1, -0.05) is 0 Å². The van der Waals surface area contributed by atoms with Crippen molar-refractivity contribution in [3.05, 3.63) is 66.9 Å². The molecular weight excluding hydrogens is 309 g/mol. The molecule has 0 fully saturated rings. The maximum atomic E-state index is 13.0. The van der Waals surface area contributed by atoms with Crippen LogP contribution >= 0.6 is 0 Å². The predicted octanol–water partition coefficient (Wildman–Crippen LogP) is 3.28. The zero-order valence-corrected chi connectivity index (χ0v) is 13.4. The van der Waals surface area contributed by atoms with Crippen LogP contribution < -0.4 is 9.64 Å². The fraction of sp³-hybridized carbons (Fsp3) is 0.167. The molecule has 5 nitrogen and oxygen atoms in total. The van der Waals surface area contributed by atoms with Crippen LogP contribution in [0.1, 0.15) is 6.35 Å². The predicted molar refractivity (Wildman–Crippen MR) is 90.3 cm³/mol. The Hall–Kier alpha value is -2.86. The van der Waals surface area contributed by atoms with Crippen LogP contribution in [-0.4, -0.2) is 28.8 Å². The molecule has 0 aliphatic rings. The number of rotatable bonds is 5. The minimum absolute atomic E-state index is 0.314. The van der Waals surface area contributed by atoms with Crippen LogP contribution in [0.2, 0.25) is 0 Å². The van der Waals surface area contributed by atoms with Gasteiger partial charge >= 0.3 is 0 Å². The van der Waals surface area contributed by atoms with E-state index in [1.54, 1.807) is 48.3 Å². The molecule has 1 heterocycles. The monoisotopic (exact) mass is 327 g/mol. The molecule has 0 bridgehead atoms. The molecule has 1 unspecified atom stereocenters. The fourth-order valence-corrected chi connectivity index (χ4v) is 2.38. The number of anilines is 1. The van der Waals surface area contributed by atoms with Crippen LogP contribution in [0.15, 0.2) is 61.1 Å². The van der Waals surface area contributed by atoms with Gasteiger partial charge in [0.05, 0.1) is 19.1 Å². The van der Waals surface area contributed by atoms with Crippen LogP contribution in [0, 0.1) is 5.82 Å². The molecule has 0 amide bonds. The normalized spacial score (nSPS) is 12.0. The Bertz CT molecular complexity index is 800. The zero-order chi connectivity index (χ0) is 17.1. The van der Waals surface area contributed by atoms with Crippen molar-refractivity contribution in [2.45, 2.75) is 6.35 Å². The number of aliphatic hydroxyl groups is 1. The van der Waals surface area contributed by atoms with Gasteiger partial charge in [0.25, 0.3) is 0 Å². The lowest BCUT2D eigenvalue weighted by Crippen LogP contribution is -2.28. The number of halogens is 1. The minimum Gasteiger partial charge on any atom is -0.497 e. The van der Waals surface area contributed by atoms with Gasteiger partial charge in [0.2, 0.25) is 6.35 Å². The van der Waals surface area contributed by atoms with Gasteiger partial charge in [-0.05, 0) is 48.5 Å². The van der Waals surface area contributed by atoms with Crippen LogP contribution in [0.3, 0.4) is 0 Å². The summed E-state index contributed by atoms with van der Waals surface area (Å²) in [4.78, 5) is 5.95. The van der Waals surface area contributed by atoms with Gasteiger partial charge in [-0.25, -0.2) is 9.37 Å². The SMILES string of the molecule is COc1ccc(-c2cn(C(O)N(C)c3ccc(F)cc3)cn2)cc1. The number of hydrogen-bond donors (Lipinski definition) is 1. The molecule has 3 rings (SSSR count). The van der Waals surface area contributed by atoms with Crippen LogP contribution in [-0.2, 0) is 0 Å². The van der Waals surface area contributed by atoms with Gasteiger partial charge in [0, 0.05) is 24.5 Å². The van der Waals surface area contributed by atoms with Gasteiger partial charge < -0.3 is 14.7 Å². The van der Waals surface area contributed by atoms with Crippen LogP contribution in [0.25, 0.3) is 11.3 Å². The van der Waals surface area contributed by atoms with Gasteiger partial charge in [-0.15, -0.1) is 0 Å². The fourth-order valence-electron chi connectivity index (χ4n) is 2.38. The smallest absolute Gasteiger partial charge is 0.212 e. The Morgan fingerprint density at radius 1 is 1.12 bits per heavy atom. The van der Waals surface area contributed by atoms with Gasteiger partial charge in [0.15, 0.2) is 0 Å². The Labute approximate surface area is 139 Å². The summed E-state index contributed by atoms with van der Waals surface area (Å²) in [6, 6.07) is 13.5. The number of aromatic nitrogens is 2. The van der Waals surface area contributed by atoms with E-state index in [9.17, 15) is 9.50 Å². The largest absolute Gasteiger partial charge is 0.497 e. The molecule has 0 spiro atoms. The molecule has 1 aromatic heterocycles. The average molecular weight is 327 g/mol. The third-order valence-electron chi connectivity index (χ3n) is 3.83. The maximum absolute atomic E-state index is 13.0. The summed E-state index contributed by atoms with van der Waals surface area (Å²) in [5.41, 5.74) is 2.36. The van der Waals surface area contributed by atoms with Crippen molar-refractivity contribution >= 4 is 5.69 Å². The van der Waals surface area contributed by atoms with E-state index < -0.39 is 6.35 Å². The second-order valence-electron chi connectivity index (χ2n) is 5.37. The Kier molecular flexibility index (Phi) is 4.48. The maximum Gasteiger partial charge on any atom is 0.212 e. The molecule has 6 heteroatoms. The first-order valence-electron chi connectivity index (χ1n) is 7.43. The van der Waals surface area contributed by atoms with Crippen molar-refractivity contribution in [2.24, 2.45) is 0 Å². The van der Waals surface area contributed by atoms with E-state index in [1.807, 2.05) is 24.3 Å². The Balaban J connectivity index is 1.79. The van der Waals surface area contributed by atoms with Crippen LogP contribution in [0.5, 0.6) is 5.75 Å². The summed E-state index contributed by atoms with van der Waals surface area (Å²) in [5, 5.41) is 10.5. The molecule has 1 N–H and O–H groups in total.